The molecule has 1 saturated heterocycles. The van der Waals surface area contributed by atoms with Crippen molar-refractivity contribution in [2.45, 2.75) is 51.2 Å². The molecule has 1 aliphatic carbocycles. The van der Waals surface area contributed by atoms with E-state index in [-0.39, 0.29) is 30.8 Å². The van der Waals surface area contributed by atoms with Crippen molar-refractivity contribution in [3.8, 4) is 0 Å². The van der Waals surface area contributed by atoms with Crippen molar-refractivity contribution in [2.75, 3.05) is 13.1 Å². The molecule has 2 aromatic rings. The van der Waals surface area contributed by atoms with Gasteiger partial charge < -0.3 is 20.2 Å². The number of carboxylic acids is 1. The number of carbonyl (C=O) groups excluding carboxylic acids is 3. The van der Waals surface area contributed by atoms with E-state index in [0.717, 1.165) is 31.2 Å². The molecule has 1 saturated carbocycles. The van der Waals surface area contributed by atoms with Crippen LogP contribution in [0.2, 0.25) is 0 Å². The molecule has 2 atom stereocenters. The second-order valence-corrected chi connectivity index (χ2v) is 9.46. The highest BCUT2D eigenvalue weighted by atomic mass is 19.1. The van der Waals surface area contributed by atoms with E-state index in [1.54, 1.807) is 24.3 Å². The summed E-state index contributed by atoms with van der Waals surface area (Å²) in [6.45, 7) is 2.30. The second-order valence-electron chi connectivity index (χ2n) is 9.46. The maximum atomic E-state index is 13.6. The molecular weight excluding hydrogens is 465 g/mol. The second kappa shape index (κ2) is 10.9. The third kappa shape index (κ3) is 5.56. The Labute approximate surface area is 209 Å². The molecule has 8 nitrogen and oxygen atoms in total. The highest BCUT2D eigenvalue weighted by molar-refractivity contribution is 5.99. The van der Waals surface area contributed by atoms with E-state index in [4.69, 9.17) is 0 Å². The normalized spacial score (nSPS) is 18.8. The molecule has 2 aromatic carbocycles. The van der Waals surface area contributed by atoms with Gasteiger partial charge in [-0.05, 0) is 49.6 Å². The third-order valence-corrected chi connectivity index (χ3v) is 6.92. The van der Waals surface area contributed by atoms with E-state index in [9.17, 15) is 28.7 Å². The maximum absolute atomic E-state index is 13.6. The van der Waals surface area contributed by atoms with Crippen molar-refractivity contribution in [1.82, 2.24) is 15.1 Å². The Morgan fingerprint density at radius 2 is 1.58 bits per heavy atom. The number of nitrogens with zero attached hydrogens (tertiary/aromatic N) is 2. The Bertz CT molecular complexity index is 1130. The Morgan fingerprint density at radius 3 is 2.19 bits per heavy atom. The number of hydrogen-bond donors (Lipinski definition) is 2. The van der Waals surface area contributed by atoms with Crippen molar-refractivity contribution in [1.29, 1.82) is 0 Å². The fourth-order valence-electron chi connectivity index (χ4n) is 4.99. The first-order valence-corrected chi connectivity index (χ1v) is 12.2. The van der Waals surface area contributed by atoms with Crippen LogP contribution >= 0.6 is 0 Å². The average Bonchev–Trinajstić information content (AvgIpc) is 3.54. The smallest absolute Gasteiger partial charge is 0.305 e. The number of aliphatic carboxylic acids is 1. The first kappa shape index (κ1) is 25.3. The lowest BCUT2D eigenvalue weighted by molar-refractivity contribution is -0.145. The van der Waals surface area contributed by atoms with Crippen molar-refractivity contribution in [2.24, 2.45) is 5.92 Å². The number of amides is 3. The van der Waals surface area contributed by atoms with Gasteiger partial charge in [0.15, 0.2) is 6.17 Å². The fourth-order valence-corrected chi connectivity index (χ4v) is 4.99. The van der Waals surface area contributed by atoms with E-state index < -0.39 is 36.3 Å². The molecule has 4 rings (SSSR count). The van der Waals surface area contributed by atoms with Gasteiger partial charge in [-0.1, -0.05) is 42.7 Å². The predicted octanol–water partition coefficient (Wildman–Crippen LogP) is 3.27. The van der Waals surface area contributed by atoms with Crippen molar-refractivity contribution < 1.29 is 28.7 Å². The Morgan fingerprint density at radius 1 is 0.972 bits per heavy atom. The van der Waals surface area contributed by atoms with Gasteiger partial charge in [-0.3, -0.25) is 19.2 Å². The van der Waals surface area contributed by atoms with E-state index in [1.807, 2.05) is 6.92 Å². The quantitative estimate of drug-likeness (QED) is 0.613. The monoisotopic (exact) mass is 495 g/mol. The highest BCUT2D eigenvalue weighted by Crippen LogP contribution is 2.30. The zero-order valence-electron chi connectivity index (χ0n) is 20.2. The number of hydrogen-bond acceptors (Lipinski definition) is 4. The standard InChI is InChI=1S/C27H30FN3O5/c1-17-6-8-20(9-7-17)27(36)31-15-14-30(26(35)19-4-2-3-5-19)25(31)24(34)29-22(16-23(32)33)18-10-12-21(28)13-11-18/h6-13,19,22,25H,2-5,14-16H2,1H3,(H,29,34)(H,32,33). The van der Waals surface area contributed by atoms with Gasteiger partial charge >= 0.3 is 5.97 Å². The van der Waals surface area contributed by atoms with E-state index in [1.165, 1.54) is 34.1 Å². The molecule has 190 valence electrons. The molecule has 0 radical (unpaired) electrons. The average molecular weight is 496 g/mol. The molecule has 9 heteroatoms. The SMILES string of the molecule is Cc1ccc(C(=O)N2CCN(C(=O)C3CCCC3)C2C(=O)NC(CC(=O)O)c2ccc(F)cc2)cc1. The van der Waals surface area contributed by atoms with E-state index in [0.29, 0.717) is 11.1 Å². The summed E-state index contributed by atoms with van der Waals surface area (Å²) in [6, 6.07) is 11.2. The molecule has 36 heavy (non-hydrogen) atoms. The summed E-state index contributed by atoms with van der Waals surface area (Å²) in [5.41, 5.74) is 1.79. The Kier molecular flexibility index (Phi) is 7.67. The first-order valence-electron chi connectivity index (χ1n) is 12.2. The van der Waals surface area contributed by atoms with Crippen LogP contribution in [0.4, 0.5) is 4.39 Å². The zero-order valence-corrected chi connectivity index (χ0v) is 20.2. The van der Waals surface area contributed by atoms with Crippen LogP contribution in [0.5, 0.6) is 0 Å². The van der Waals surface area contributed by atoms with E-state index >= 15 is 0 Å². The number of benzene rings is 2. The highest BCUT2D eigenvalue weighted by Gasteiger charge is 2.45. The van der Waals surface area contributed by atoms with Crippen molar-refractivity contribution >= 4 is 23.7 Å². The topological polar surface area (TPSA) is 107 Å². The van der Waals surface area contributed by atoms with Crippen LogP contribution in [0.1, 0.15) is 59.6 Å². The maximum Gasteiger partial charge on any atom is 0.305 e. The summed E-state index contributed by atoms with van der Waals surface area (Å²) < 4.78 is 13.4. The predicted molar refractivity (Wildman–Crippen MR) is 129 cm³/mol. The Balaban J connectivity index is 1.63. The number of nitrogens with one attached hydrogen (secondary N) is 1. The minimum absolute atomic E-state index is 0.163. The number of carbonyl (C=O) groups is 4. The minimum atomic E-state index is -1.20. The largest absolute Gasteiger partial charge is 0.481 e. The summed E-state index contributed by atoms with van der Waals surface area (Å²) >= 11 is 0. The van der Waals surface area contributed by atoms with Gasteiger partial charge in [0.25, 0.3) is 11.8 Å². The van der Waals surface area contributed by atoms with Crippen LogP contribution in [0.15, 0.2) is 48.5 Å². The molecule has 0 spiro atoms. The molecule has 1 aliphatic heterocycles. The summed E-state index contributed by atoms with van der Waals surface area (Å²) in [4.78, 5) is 54.7. The fraction of sp³-hybridized carbons (Fsp3) is 0.407. The summed E-state index contributed by atoms with van der Waals surface area (Å²) in [6.07, 6.45) is 1.73. The van der Waals surface area contributed by atoms with Crippen LogP contribution in [0.3, 0.4) is 0 Å². The first-order chi connectivity index (χ1) is 17.2. The summed E-state index contributed by atoms with van der Waals surface area (Å²) in [5.74, 6) is -3.02. The number of aryl methyl sites for hydroxylation is 1. The molecule has 0 aromatic heterocycles. The van der Waals surface area contributed by atoms with Gasteiger partial charge in [-0.15, -0.1) is 0 Å². The molecule has 2 N–H and O–H groups in total. The van der Waals surface area contributed by atoms with Crippen molar-refractivity contribution in [3.05, 3.63) is 71.0 Å². The molecule has 1 heterocycles. The van der Waals surface area contributed by atoms with Crippen LogP contribution in [-0.4, -0.2) is 57.9 Å². The number of carboxylic acid groups (broad SMARTS) is 1. The van der Waals surface area contributed by atoms with Crippen LogP contribution in [0, 0.1) is 18.7 Å². The minimum Gasteiger partial charge on any atom is -0.481 e. The van der Waals surface area contributed by atoms with Crippen molar-refractivity contribution in [3.63, 3.8) is 0 Å². The summed E-state index contributed by atoms with van der Waals surface area (Å²) in [7, 11) is 0. The lowest BCUT2D eigenvalue weighted by Gasteiger charge is -2.32. The van der Waals surface area contributed by atoms with Gasteiger partial charge in [-0.2, -0.15) is 0 Å². The van der Waals surface area contributed by atoms with Gasteiger partial charge in [-0.25, -0.2) is 4.39 Å². The number of halogens is 1. The molecular formula is C27H30FN3O5. The van der Waals surface area contributed by atoms with Gasteiger partial charge in [0.2, 0.25) is 5.91 Å². The van der Waals surface area contributed by atoms with E-state index in [2.05, 4.69) is 5.32 Å². The van der Waals surface area contributed by atoms with Gasteiger partial charge in [0.05, 0.1) is 12.5 Å². The molecule has 3 amide bonds. The zero-order chi connectivity index (χ0) is 25.8. The summed E-state index contributed by atoms with van der Waals surface area (Å²) in [5, 5.41) is 12.1. The number of rotatable bonds is 7. The van der Waals surface area contributed by atoms with Crippen LogP contribution in [0.25, 0.3) is 0 Å². The van der Waals surface area contributed by atoms with Crippen LogP contribution in [-0.2, 0) is 14.4 Å². The van der Waals surface area contributed by atoms with Gasteiger partial charge in [0, 0.05) is 24.6 Å². The lowest BCUT2D eigenvalue weighted by atomic mass is 10.0. The molecule has 2 unspecified atom stereocenters. The lowest BCUT2D eigenvalue weighted by Crippen LogP contribution is -2.55. The van der Waals surface area contributed by atoms with Gasteiger partial charge in [0.1, 0.15) is 5.82 Å². The Hall–Kier alpha value is -3.75. The third-order valence-electron chi connectivity index (χ3n) is 6.92. The molecule has 2 aliphatic rings. The van der Waals surface area contributed by atoms with Crippen LogP contribution < -0.4 is 5.32 Å². The molecule has 2 fully saturated rings. The molecule has 0 bridgehead atoms.